The lowest BCUT2D eigenvalue weighted by molar-refractivity contribution is -0.136. The van der Waals surface area contributed by atoms with Gasteiger partial charge in [0.05, 0.1) is 47.2 Å². The summed E-state index contributed by atoms with van der Waals surface area (Å²) in [6.45, 7) is 7.92. The summed E-state index contributed by atoms with van der Waals surface area (Å²) in [5.41, 5.74) is 2.18. The first-order valence-corrected chi connectivity index (χ1v) is 21.8. The van der Waals surface area contributed by atoms with Gasteiger partial charge in [0.15, 0.2) is 0 Å². The highest BCUT2D eigenvalue weighted by atomic mass is 35.5. The predicted molar refractivity (Wildman–Crippen MR) is 241 cm³/mol. The third-order valence-electron chi connectivity index (χ3n) is 11.1. The highest BCUT2D eigenvalue weighted by molar-refractivity contribution is 6.31. The highest BCUT2D eigenvalue weighted by Gasteiger charge is 2.45. The summed E-state index contributed by atoms with van der Waals surface area (Å²) in [5, 5.41) is 14.5. The van der Waals surface area contributed by atoms with E-state index in [-0.39, 0.29) is 80.0 Å². The molecule has 3 aliphatic heterocycles. The van der Waals surface area contributed by atoms with Crippen LogP contribution in [0, 0.1) is 5.82 Å². The number of benzene rings is 3. The van der Waals surface area contributed by atoms with Gasteiger partial charge in [0.1, 0.15) is 29.8 Å². The van der Waals surface area contributed by atoms with Crippen LogP contribution in [0.25, 0.3) is 10.9 Å². The molecule has 2 saturated heterocycles. The fourth-order valence-electron chi connectivity index (χ4n) is 7.74. The Balaban J connectivity index is 0.771. The lowest BCUT2D eigenvalue weighted by Crippen LogP contribution is -2.54. The maximum atomic E-state index is 13.7. The molecule has 1 aromatic heterocycles. The summed E-state index contributed by atoms with van der Waals surface area (Å²) >= 11 is 5.96. The molecule has 4 heterocycles. The number of hydrogen-bond acceptors (Lipinski definition) is 14. The highest BCUT2D eigenvalue weighted by Crippen LogP contribution is 2.35. The van der Waals surface area contributed by atoms with Crippen LogP contribution in [0.3, 0.4) is 0 Å². The zero-order valence-corrected chi connectivity index (χ0v) is 36.6. The van der Waals surface area contributed by atoms with Crippen molar-refractivity contribution in [1.82, 2.24) is 35.3 Å². The summed E-state index contributed by atoms with van der Waals surface area (Å²) < 4.78 is 25.5. The normalized spacial score (nSPS) is 16.2. The number of carbonyl (C=O) groups excluding carboxylic acids is 7. The average molecular weight is 927 g/mol. The van der Waals surface area contributed by atoms with E-state index >= 15 is 0 Å². The molecule has 0 spiro atoms. The quantitative estimate of drug-likeness (QED) is 0.0484. The molecule has 0 bridgehead atoms. The van der Waals surface area contributed by atoms with Crippen LogP contribution in [0.1, 0.15) is 52.8 Å². The van der Waals surface area contributed by atoms with Gasteiger partial charge >= 0.3 is 0 Å². The number of hydrogen-bond donors (Lipinski definition) is 5. The number of imide groups is 2. The maximum Gasteiger partial charge on any atom is 0.264 e. The van der Waals surface area contributed by atoms with E-state index in [0.717, 1.165) is 11.0 Å². The largest absolute Gasteiger partial charge is 0.491 e. The second kappa shape index (κ2) is 21.8. The van der Waals surface area contributed by atoms with Gasteiger partial charge in [-0.2, -0.15) is 0 Å². The van der Waals surface area contributed by atoms with Crippen LogP contribution in [0.2, 0.25) is 5.02 Å². The Bertz CT molecular complexity index is 2550. The number of piperidine rings is 1. The molecule has 1 unspecified atom stereocenters. The number of piperazine rings is 1. The molecule has 1 atom stereocenters. The van der Waals surface area contributed by atoms with Crippen molar-refractivity contribution >= 4 is 86.7 Å². The second-order valence-corrected chi connectivity index (χ2v) is 15.9. The van der Waals surface area contributed by atoms with Crippen LogP contribution >= 0.6 is 11.6 Å². The van der Waals surface area contributed by atoms with E-state index in [4.69, 9.17) is 21.1 Å². The van der Waals surface area contributed by atoms with Crippen molar-refractivity contribution in [3.05, 3.63) is 89.5 Å². The van der Waals surface area contributed by atoms with Crippen LogP contribution in [0.4, 0.5) is 27.3 Å². The van der Waals surface area contributed by atoms with Crippen molar-refractivity contribution in [3.8, 4) is 5.75 Å². The molecule has 5 N–H and O–H groups in total. The molecule has 4 aromatic rings. The SMILES string of the molecule is C=CC(=O)Nc1cc2c(Nc3ccc(F)c(Cl)c3)ncnc2cc1OCCCN1CCN(C(=O)CCC(=O)NCCOCCNc2cccc3c2C(=O)N(C2CCC(=O)NC2=O)C3=O)CC1. The van der Waals surface area contributed by atoms with Crippen molar-refractivity contribution in [2.24, 2.45) is 0 Å². The van der Waals surface area contributed by atoms with Crippen LogP contribution < -0.4 is 31.3 Å². The first kappa shape index (κ1) is 46.9. The van der Waals surface area contributed by atoms with E-state index in [9.17, 15) is 38.0 Å². The van der Waals surface area contributed by atoms with Crippen molar-refractivity contribution in [2.75, 3.05) is 81.6 Å². The number of halogens is 2. The lowest BCUT2D eigenvalue weighted by Gasteiger charge is -2.34. The smallest absolute Gasteiger partial charge is 0.264 e. The molecule has 3 aromatic carbocycles. The molecule has 0 saturated carbocycles. The van der Waals surface area contributed by atoms with Crippen molar-refractivity contribution < 1.29 is 47.4 Å². The Morgan fingerprint density at radius 3 is 2.52 bits per heavy atom. The lowest BCUT2D eigenvalue weighted by atomic mass is 10.0. The zero-order valence-electron chi connectivity index (χ0n) is 35.8. The number of carbonyl (C=O) groups is 7. The standard InChI is InChI=1S/C45H48ClFN10O9/c1-2-37(58)53-34-24-29-33(50-26-51-42(29)52-27-7-8-31(47)30(46)23-27)25-36(34)66-20-4-15-55-16-18-56(19-17-55)40(61)12-11-38(59)49-14-22-65-21-13-48-32-6-3-5-28-41(32)45(64)57(44(28)63)35-9-10-39(60)54-43(35)62/h2-3,5-8,23-26,35,48H,1,4,9-22H2,(H,49,59)(H,53,58)(H,50,51,52)(H,54,60,62). The Labute approximate surface area is 383 Å². The number of ether oxygens (including phenoxy) is 2. The minimum Gasteiger partial charge on any atom is -0.491 e. The minimum atomic E-state index is -1.06. The Hall–Kier alpha value is -7.03. The third kappa shape index (κ3) is 11.4. The van der Waals surface area contributed by atoms with E-state index in [2.05, 4.69) is 48.0 Å². The fourth-order valence-corrected chi connectivity index (χ4v) is 7.92. The van der Waals surface area contributed by atoms with Crippen LogP contribution in [-0.2, 0) is 28.7 Å². The number of fused-ring (bicyclic) bond motifs is 2. The molecule has 2 fully saturated rings. The molecular weight excluding hydrogens is 879 g/mol. The first-order chi connectivity index (χ1) is 31.9. The molecule has 19 nitrogen and oxygen atoms in total. The van der Waals surface area contributed by atoms with E-state index in [1.165, 1.54) is 30.6 Å². The molecule has 0 radical (unpaired) electrons. The van der Waals surface area contributed by atoms with E-state index < -0.39 is 41.4 Å². The number of nitrogens with zero attached hydrogens (tertiary/aromatic N) is 5. The summed E-state index contributed by atoms with van der Waals surface area (Å²) in [6.07, 6.45) is 3.40. The summed E-state index contributed by atoms with van der Waals surface area (Å²) in [4.78, 5) is 102. The summed E-state index contributed by atoms with van der Waals surface area (Å²) in [6, 6.07) is 11.3. The monoisotopic (exact) mass is 926 g/mol. The molecule has 7 rings (SSSR count). The van der Waals surface area contributed by atoms with Crippen LogP contribution in [0.15, 0.2) is 67.5 Å². The van der Waals surface area contributed by atoms with E-state index in [1.54, 1.807) is 29.2 Å². The molecule has 3 aliphatic rings. The predicted octanol–water partition coefficient (Wildman–Crippen LogP) is 3.63. The van der Waals surface area contributed by atoms with Gasteiger partial charge in [-0.1, -0.05) is 24.2 Å². The molecular formula is C45H48ClFN10O9. The minimum absolute atomic E-state index is 0.0306. The fraction of sp³-hybridized carbons (Fsp3) is 0.356. The number of rotatable bonds is 20. The van der Waals surface area contributed by atoms with Crippen molar-refractivity contribution in [1.29, 1.82) is 0 Å². The number of aromatic nitrogens is 2. The molecule has 21 heteroatoms. The molecule has 7 amide bonds. The van der Waals surface area contributed by atoms with Gasteiger partial charge in [-0.3, -0.25) is 48.7 Å². The summed E-state index contributed by atoms with van der Waals surface area (Å²) in [5.74, 6) is -2.87. The van der Waals surface area contributed by atoms with Gasteiger partial charge in [0.2, 0.25) is 29.5 Å². The Morgan fingerprint density at radius 1 is 0.939 bits per heavy atom. The molecule has 346 valence electrons. The van der Waals surface area contributed by atoms with Crippen LogP contribution in [0.5, 0.6) is 5.75 Å². The van der Waals surface area contributed by atoms with Gasteiger partial charge in [-0.25, -0.2) is 14.4 Å². The first-order valence-electron chi connectivity index (χ1n) is 21.4. The number of nitrogens with one attached hydrogen (secondary N) is 5. The Morgan fingerprint density at radius 2 is 1.74 bits per heavy atom. The van der Waals surface area contributed by atoms with E-state index in [1.807, 2.05) is 0 Å². The molecule has 0 aliphatic carbocycles. The number of amides is 7. The van der Waals surface area contributed by atoms with Gasteiger partial charge in [0, 0.05) is 87.9 Å². The zero-order chi connectivity index (χ0) is 46.7. The van der Waals surface area contributed by atoms with Gasteiger partial charge in [-0.05, 0) is 55.3 Å². The van der Waals surface area contributed by atoms with E-state index in [0.29, 0.717) is 85.3 Å². The topological polar surface area (TPSA) is 234 Å². The molecule has 66 heavy (non-hydrogen) atoms. The number of anilines is 4. The van der Waals surface area contributed by atoms with Gasteiger partial charge < -0.3 is 35.6 Å². The maximum absolute atomic E-state index is 13.7. The van der Waals surface area contributed by atoms with Crippen LogP contribution in [-0.4, -0.2) is 138 Å². The Kier molecular flexibility index (Phi) is 15.5. The summed E-state index contributed by atoms with van der Waals surface area (Å²) in [7, 11) is 0. The second-order valence-electron chi connectivity index (χ2n) is 15.5. The average Bonchev–Trinajstić information content (AvgIpc) is 3.56. The third-order valence-corrected chi connectivity index (χ3v) is 11.4. The van der Waals surface area contributed by atoms with Crippen molar-refractivity contribution in [3.63, 3.8) is 0 Å². The van der Waals surface area contributed by atoms with Crippen molar-refractivity contribution in [2.45, 2.75) is 38.1 Å². The van der Waals surface area contributed by atoms with Gasteiger partial charge in [0.25, 0.3) is 11.8 Å². The van der Waals surface area contributed by atoms with Gasteiger partial charge in [-0.15, -0.1) is 0 Å².